The molecule has 0 saturated heterocycles. The summed E-state index contributed by atoms with van der Waals surface area (Å²) in [7, 11) is 0. The predicted octanol–water partition coefficient (Wildman–Crippen LogP) is 1.91. The van der Waals surface area contributed by atoms with Crippen molar-refractivity contribution >= 4 is 16.9 Å². The maximum atomic E-state index is 9.98. The van der Waals surface area contributed by atoms with Gasteiger partial charge in [-0.2, -0.15) is 4.98 Å². The van der Waals surface area contributed by atoms with Gasteiger partial charge in [-0.05, 0) is 37.5 Å². The summed E-state index contributed by atoms with van der Waals surface area (Å²) < 4.78 is 1.90. The summed E-state index contributed by atoms with van der Waals surface area (Å²) >= 11 is 0. The summed E-state index contributed by atoms with van der Waals surface area (Å²) in [5.74, 6) is 6.66. The first-order chi connectivity index (χ1) is 11.0. The molecule has 0 aliphatic heterocycles. The zero-order valence-electron chi connectivity index (χ0n) is 13.0. The lowest BCUT2D eigenvalue weighted by atomic mass is 10.0. The molecule has 6 nitrogen and oxygen atoms in total. The van der Waals surface area contributed by atoms with Crippen LogP contribution in [-0.4, -0.2) is 30.2 Å². The monoisotopic (exact) mass is 307 g/mol. The fraction of sp³-hybridized carbons (Fsp3) is 0.235. The predicted molar refractivity (Wildman–Crippen MR) is 88.9 cm³/mol. The standard InChI is InChI=1S/C17H17N5O/c1-3-17(2,23)7-4-13-10-14-12(11-20-13)6-9-22(14)15-5-8-19-16(18)21-15/h5-6,8-11,23H,3H2,1-2H3,(H2,18,19,21)/t17-/m0/s1. The molecule has 0 amide bonds. The van der Waals surface area contributed by atoms with Crippen molar-refractivity contribution in [3.05, 3.63) is 42.5 Å². The van der Waals surface area contributed by atoms with E-state index in [1.807, 2.05) is 29.8 Å². The molecule has 0 bridgehead atoms. The van der Waals surface area contributed by atoms with Crippen LogP contribution < -0.4 is 5.73 Å². The molecule has 3 aromatic heterocycles. The molecule has 23 heavy (non-hydrogen) atoms. The number of rotatable bonds is 2. The first-order valence-electron chi connectivity index (χ1n) is 7.30. The minimum absolute atomic E-state index is 0.220. The number of hydrogen-bond acceptors (Lipinski definition) is 5. The fourth-order valence-electron chi connectivity index (χ4n) is 2.08. The van der Waals surface area contributed by atoms with Crippen LogP contribution in [0, 0.1) is 11.8 Å². The van der Waals surface area contributed by atoms with Crippen molar-refractivity contribution in [2.75, 3.05) is 5.73 Å². The molecule has 3 rings (SSSR count). The maximum Gasteiger partial charge on any atom is 0.221 e. The van der Waals surface area contributed by atoms with Gasteiger partial charge in [0.1, 0.15) is 17.1 Å². The summed E-state index contributed by atoms with van der Waals surface area (Å²) in [6.45, 7) is 3.57. The quantitative estimate of drug-likeness (QED) is 0.706. The second-order valence-electron chi connectivity index (χ2n) is 5.46. The summed E-state index contributed by atoms with van der Waals surface area (Å²) in [6.07, 6.45) is 5.82. The van der Waals surface area contributed by atoms with Crippen LogP contribution in [0.1, 0.15) is 26.0 Å². The SMILES string of the molecule is CC[C@](C)(O)C#Cc1cc2c(ccn2-c2ccnc(N)n2)cn1. The van der Waals surface area contributed by atoms with Gasteiger partial charge in [-0.1, -0.05) is 12.8 Å². The van der Waals surface area contributed by atoms with Crippen molar-refractivity contribution in [2.45, 2.75) is 25.9 Å². The molecule has 3 aromatic rings. The van der Waals surface area contributed by atoms with Gasteiger partial charge in [-0.15, -0.1) is 0 Å². The molecular weight excluding hydrogens is 290 g/mol. The summed E-state index contributed by atoms with van der Waals surface area (Å²) in [5.41, 5.74) is 6.14. The number of nitrogen functional groups attached to an aromatic ring is 1. The van der Waals surface area contributed by atoms with E-state index in [4.69, 9.17) is 5.73 Å². The van der Waals surface area contributed by atoms with E-state index in [-0.39, 0.29) is 5.95 Å². The zero-order valence-corrected chi connectivity index (χ0v) is 13.0. The van der Waals surface area contributed by atoms with E-state index in [1.165, 1.54) is 0 Å². The van der Waals surface area contributed by atoms with Gasteiger partial charge in [0.25, 0.3) is 0 Å². The minimum atomic E-state index is -1.01. The molecule has 3 heterocycles. The number of fused-ring (bicyclic) bond motifs is 1. The third-order valence-corrected chi connectivity index (χ3v) is 3.63. The molecule has 0 aliphatic rings. The third-order valence-electron chi connectivity index (χ3n) is 3.63. The van der Waals surface area contributed by atoms with Crippen LogP contribution in [0.4, 0.5) is 5.95 Å². The van der Waals surface area contributed by atoms with Gasteiger partial charge in [-0.3, -0.25) is 0 Å². The van der Waals surface area contributed by atoms with Crippen LogP contribution in [0.5, 0.6) is 0 Å². The van der Waals surface area contributed by atoms with Crippen molar-refractivity contribution < 1.29 is 5.11 Å². The van der Waals surface area contributed by atoms with Crippen molar-refractivity contribution in [3.63, 3.8) is 0 Å². The number of hydrogen-bond donors (Lipinski definition) is 2. The molecular formula is C17H17N5O. The number of pyridine rings is 1. The Balaban J connectivity index is 2.07. The van der Waals surface area contributed by atoms with Gasteiger partial charge in [0.05, 0.1) is 5.52 Å². The van der Waals surface area contributed by atoms with Gasteiger partial charge in [0.2, 0.25) is 5.95 Å². The van der Waals surface area contributed by atoms with Crippen LogP contribution >= 0.6 is 0 Å². The van der Waals surface area contributed by atoms with E-state index in [0.717, 1.165) is 10.9 Å². The van der Waals surface area contributed by atoms with Gasteiger partial charge >= 0.3 is 0 Å². The van der Waals surface area contributed by atoms with Crippen LogP contribution in [-0.2, 0) is 0 Å². The Morgan fingerprint density at radius 3 is 2.91 bits per heavy atom. The number of aliphatic hydroxyl groups is 1. The van der Waals surface area contributed by atoms with E-state index in [0.29, 0.717) is 17.9 Å². The van der Waals surface area contributed by atoms with E-state index >= 15 is 0 Å². The Labute approximate surface area is 134 Å². The Kier molecular flexibility index (Phi) is 3.72. The number of aromatic nitrogens is 4. The lowest BCUT2D eigenvalue weighted by Gasteiger charge is -2.11. The molecule has 0 unspecified atom stereocenters. The highest BCUT2D eigenvalue weighted by atomic mass is 16.3. The van der Waals surface area contributed by atoms with Crippen molar-refractivity contribution in [3.8, 4) is 17.7 Å². The Hall–Kier alpha value is -2.91. The van der Waals surface area contributed by atoms with Crippen molar-refractivity contribution in [1.29, 1.82) is 0 Å². The Bertz CT molecular complexity index is 917. The number of nitrogens with two attached hydrogens (primary N) is 1. The normalized spacial score (nSPS) is 13.3. The molecule has 0 aromatic carbocycles. The first-order valence-corrected chi connectivity index (χ1v) is 7.30. The van der Waals surface area contributed by atoms with E-state index in [9.17, 15) is 5.11 Å². The van der Waals surface area contributed by atoms with Gasteiger partial charge in [0.15, 0.2) is 0 Å². The van der Waals surface area contributed by atoms with E-state index in [1.54, 1.807) is 25.4 Å². The van der Waals surface area contributed by atoms with Crippen LogP contribution in [0.15, 0.2) is 36.8 Å². The highest BCUT2D eigenvalue weighted by Gasteiger charge is 2.12. The molecule has 0 fully saturated rings. The second-order valence-corrected chi connectivity index (χ2v) is 5.46. The maximum absolute atomic E-state index is 9.98. The lowest BCUT2D eigenvalue weighted by molar-refractivity contribution is 0.118. The highest BCUT2D eigenvalue weighted by Crippen LogP contribution is 2.19. The molecule has 116 valence electrons. The van der Waals surface area contributed by atoms with Crippen LogP contribution in [0.3, 0.4) is 0 Å². The molecule has 6 heteroatoms. The average Bonchev–Trinajstić information content (AvgIpc) is 2.96. The summed E-state index contributed by atoms with van der Waals surface area (Å²) in [4.78, 5) is 12.4. The molecule has 0 spiro atoms. The number of anilines is 1. The van der Waals surface area contributed by atoms with Crippen LogP contribution in [0.25, 0.3) is 16.7 Å². The van der Waals surface area contributed by atoms with Gasteiger partial charge < -0.3 is 15.4 Å². The average molecular weight is 307 g/mol. The molecule has 1 atom stereocenters. The fourth-order valence-corrected chi connectivity index (χ4v) is 2.08. The summed E-state index contributed by atoms with van der Waals surface area (Å²) in [6, 6.07) is 5.59. The van der Waals surface area contributed by atoms with E-state index < -0.39 is 5.60 Å². The topological polar surface area (TPSA) is 89.8 Å². The van der Waals surface area contributed by atoms with Crippen molar-refractivity contribution in [2.24, 2.45) is 0 Å². The lowest BCUT2D eigenvalue weighted by Crippen LogP contribution is -2.19. The Morgan fingerprint density at radius 1 is 1.35 bits per heavy atom. The van der Waals surface area contributed by atoms with Gasteiger partial charge in [0, 0.05) is 24.0 Å². The Morgan fingerprint density at radius 2 is 2.17 bits per heavy atom. The minimum Gasteiger partial charge on any atom is -0.378 e. The first kappa shape index (κ1) is 15.0. The largest absolute Gasteiger partial charge is 0.378 e. The molecule has 0 radical (unpaired) electrons. The highest BCUT2D eigenvalue weighted by molar-refractivity contribution is 5.81. The third kappa shape index (κ3) is 3.15. The number of nitrogens with zero attached hydrogens (tertiary/aromatic N) is 4. The van der Waals surface area contributed by atoms with Crippen LogP contribution in [0.2, 0.25) is 0 Å². The smallest absolute Gasteiger partial charge is 0.221 e. The summed E-state index contributed by atoms with van der Waals surface area (Å²) in [5, 5.41) is 11.0. The molecule has 0 aliphatic carbocycles. The van der Waals surface area contributed by atoms with Crippen molar-refractivity contribution in [1.82, 2.24) is 19.5 Å². The van der Waals surface area contributed by atoms with Gasteiger partial charge in [-0.25, -0.2) is 9.97 Å². The van der Waals surface area contributed by atoms with E-state index in [2.05, 4.69) is 26.8 Å². The zero-order chi connectivity index (χ0) is 16.4. The molecule has 0 saturated carbocycles. The molecule has 3 N–H and O–H groups in total. The second kappa shape index (κ2) is 5.71.